The Bertz CT molecular complexity index is 671. The van der Waals surface area contributed by atoms with Crippen molar-refractivity contribution in [2.45, 2.75) is 52.9 Å². The standard InChI is InChI=1S/C15H19ClN4/c1-5-12-9(3)19-20(10(12)4)15-8(2)13(16)17-14(18-15)11-6-7-11/h11H,5-7H2,1-4H3. The number of hydrogen-bond acceptors (Lipinski definition) is 3. The van der Waals surface area contributed by atoms with E-state index in [0.29, 0.717) is 11.1 Å². The fourth-order valence-corrected chi connectivity index (χ4v) is 2.79. The molecule has 1 fully saturated rings. The predicted octanol–water partition coefficient (Wildman–Crippen LogP) is 3.68. The lowest BCUT2D eigenvalue weighted by Crippen LogP contribution is -2.09. The average Bonchev–Trinajstić information content (AvgIpc) is 3.20. The van der Waals surface area contributed by atoms with Crippen molar-refractivity contribution in [1.82, 2.24) is 19.7 Å². The van der Waals surface area contributed by atoms with Crippen LogP contribution >= 0.6 is 11.6 Å². The van der Waals surface area contributed by atoms with Gasteiger partial charge in [-0.15, -0.1) is 0 Å². The van der Waals surface area contributed by atoms with Crippen molar-refractivity contribution in [3.63, 3.8) is 0 Å². The molecule has 2 heterocycles. The highest BCUT2D eigenvalue weighted by Gasteiger charge is 2.28. The van der Waals surface area contributed by atoms with E-state index in [1.165, 1.54) is 5.56 Å². The third kappa shape index (κ3) is 2.12. The molecule has 0 spiro atoms. The molecule has 1 aliphatic carbocycles. The van der Waals surface area contributed by atoms with Crippen molar-refractivity contribution in [1.29, 1.82) is 0 Å². The summed E-state index contributed by atoms with van der Waals surface area (Å²) in [6, 6.07) is 0. The summed E-state index contributed by atoms with van der Waals surface area (Å²) in [5.74, 6) is 2.17. The summed E-state index contributed by atoms with van der Waals surface area (Å²) in [6.45, 7) is 8.24. The first kappa shape index (κ1) is 13.6. The monoisotopic (exact) mass is 290 g/mol. The van der Waals surface area contributed by atoms with Crippen LogP contribution in [0.3, 0.4) is 0 Å². The number of hydrogen-bond donors (Lipinski definition) is 0. The molecule has 0 bridgehead atoms. The van der Waals surface area contributed by atoms with Crippen molar-refractivity contribution in [3.05, 3.63) is 33.5 Å². The molecule has 0 amide bonds. The zero-order chi connectivity index (χ0) is 14.4. The van der Waals surface area contributed by atoms with Crippen LogP contribution in [0.2, 0.25) is 5.15 Å². The van der Waals surface area contributed by atoms with Gasteiger partial charge in [0.05, 0.1) is 5.69 Å². The van der Waals surface area contributed by atoms with Gasteiger partial charge in [-0.25, -0.2) is 14.6 Å². The summed E-state index contributed by atoms with van der Waals surface area (Å²) >= 11 is 6.28. The van der Waals surface area contributed by atoms with E-state index in [1.54, 1.807) is 0 Å². The van der Waals surface area contributed by atoms with Crippen molar-refractivity contribution in [2.75, 3.05) is 0 Å². The zero-order valence-corrected chi connectivity index (χ0v) is 13.1. The minimum Gasteiger partial charge on any atom is -0.220 e. The highest BCUT2D eigenvalue weighted by molar-refractivity contribution is 6.30. The van der Waals surface area contributed by atoms with Crippen LogP contribution in [-0.2, 0) is 6.42 Å². The van der Waals surface area contributed by atoms with Gasteiger partial charge in [0.15, 0.2) is 5.82 Å². The second kappa shape index (κ2) is 4.85. The van der Waals surface area contributed by atoms with Crippen LogP contribution in [0.5, 0.6) is 0 Å². The van der Waals surface area contributed by atoms with E-state index in [1.807, 2.05) is 18.5 Å². The van der Waals surface area contributed by atoms with Gasteiger partial charge in [-0.1, -0.05) is 18.5 Å². The van der Waals surface area contributed by atoms with Gasteiger partial charge in [-0.05, 0) is 45.6 Å². The molecule has 2 aromatic rings. The summed E-state index contributed by atoms with van der Waals surface area (Å²) in [6.07, 6.45) is 3.30. The Hall–Kier alpha value is -1.42. The van der Waals surface area contributed by atoms with Crippen molar-refractivity contribution < 1.29 is 0 Å². The maximum Gasteiger partial charge on any atom is 0.161 e. The zero-order valence-electron chi connectivity index (χ0n) is 12.4. The Balaban J connectivity index is 2.18. The normalized spacial score (nSPS) is 14.8. The third-order valence-corrected chi connectivity index (χ3v) is 4.38. The lowest BCUT2D eigenvalue weighted by molar-refractivity contribution is 0.771. The van der Waals surface area contributed by atoms with Crippen LogP contribution in [0.1, 0.15) is 54.0 Å². The summed E-state index contributed by atoms with van der Waals surface area (Å²) in [4.78, 5) is 9.13. The van der Waals surface area contributed by atoms with Gasteiger partial charge in [-0.2, -0.15) is 5.10 Å². The van der Waals surface area contributed by atoms with Gasteiger partial charge in [0.1, 0.15) is 11.0 Å². The predicted molar refractivity (Wildman–Crippen MR) is 79.7 cm³/mol. The van der Waals surface area contributed by atoms with Gasteiger partial charge >= 0.3 is 0 Å². The number of aryl methyl sites for hydroxylation is 1. The first-order chi connectivity index (χ1) is 9.52. The van der Waals surface area contributed by atoms with Gasteiger partial charge < -0.3 is 0 Å². The largest absolute Gasteiger partial charge is 0.220 e. The molecule has 0 saturated heterocycles. The Labute approximate surface area is 124 Å². The van der Waals surface area contributed by atoms with Gasteiger partial charge in [0.25, 0.3) is 0 Å². The molecular formula is C15H19ClN4. The van der Waals surface area contributed by atoms with Crippen molar-refractivity contribution >= 4 is 11.6 Å². The van der Waals surface area contributed by atoms with Gasteiger partial charge in [-0.3, -0.25) is 0 Å². The highest BCUT2D eigenvalue weighted by Crippen LogP contribution is 2.39. The number of nitrogens with zero attached hydrogens (tertiary/aromatic N) is 4. The molecule has 0 radical (unpaired) electrons. The molecule has 5 heteroatoms. The quantitative estimate of drug-likeness (QED) is 0.810. The lowest BCUT2D eigenvalue weighted by atomic mass is 10.1. The van der Waals surface area contributed by atoms with Crippen molar-refractivity contribution in [3.8, 4) is 5.82 Å². The van der Waals surface area contributed by atoms with Crippen LogP contribution in [0, 0.1) is 20.8 Å². The van der Waals surface area contributed by atoms with E-state index in [-0.39, 0.29) is 0 Å². The van der Waals surface area contributed by atoms with Crippen LogP contribution in [0.15, 0.2) is 0 Å². The van der Waals surface area contributed by atoms with Crippen LogP contribution in [0.4, 0.5) is 0 Å². The van der Waals surface area contributed by atoms with Gasteiger partial charge in [0, 0.05) is 17.2 Å². The summed E-state index contributed by atoms with van der Waals surface area (Å²) in [7, 11) is 0. The maximum atomic E-state index is 6.28. The van der Waals surface area contributed by atoms with Crippen LogP contribution in [0.25, 0.3) is 5.82 Å². The average molecular weight is 291 g/mol. The molecule has 1 saturated carbocycles. The molecule has 0 N–H and O–H groups in total. The first-order valence-corrected chi connectivity index (χ1v) is 7.50. The Morgan fingerprint density at radius 3 is 2.45 bits per heavy atom. The minimum atomic E-state index is 0.481. The van der Waals surface area contributed by atoms with E-state index >= 15 is 0 Å². The molecule has 0 aliphatic heterocycles. The van der Waals surface area contributed by atoms with Gasteiger partial charge in [0.2, 0.25) is 0 Å². The fraction of sp³-hybridized carbons (Fsp3) is 0.533. The molecule has 0 unspecified atom stereocenters. The fourth-order valence-electron chi connectivity index (χ4n) is 2.62. The summed E-state index contributed by atoms with van der Waals surface area (Å²) in [5.41, 5.74) is 4.38. The molecule has 0 atom stereocenters. The van der Waals surface area contributed by atoms with E-state index in [4.69, 9.17) is 16.6 Å². The molecule has 20 heavy (non-hydrogen) atoms. The Morgan fingerprint density at radius 1 is 1.20 bits per heavy atom. The second-order valence-corrected chi connectivity index (χ2v) is 5.87. The molecule has 0 aromatic carbocycles. The second-order valence-electron chi connectivity index (χ2n) is 5.51. The molecule has 4 nitrogen and oxygen atoms in total. The maximum absolute atomic E-state index is 6.28. The molecular weight excluding hydrogens is 272 g/mol. The van der Waals surface area contributed by atoms with Crippen LogP contribution < -0.4 is 0 Å². The minimum absolute atomic E-state index is 0.481. The summed E-state index contributed by atoms with van der Waals surface area (Å²) < 4.78 is 1.92. The molecule has 1 aliphatic rings. The third-order valence-electron chi connectivity index (χ3n) is 4.02. The van der Waals surface area contributed by atoms with E-state index in [9.17, 15) is 0 Å². The number of rotatable bonds is 3. The van der Waals surface area contributed by atoms with Crippen molar-refractivity contribution in [2.24, 2.45) is 0 Å². The number of aromatic nitrogens is 4. The van der Waals surface area contributed by atoms with E-state index in [0.717, 1.165) is 47.9 Å². The molecule has 106 valence electrons. The molecule has 2 aromatic heterocycles. The summed E-state index contributed by atoms with van der Waals surface area (Å²) in [5, 5.41) is 5.19. The smallest absolute Gasteiger partial charge is 0.161 e. The van der Waals surface area contributed by atoms with E-state index in [2.05, 4.69) is 23.9 Å². The highest BCUT2D eigenvalue weighted by atomic mass is 35.5. The Morgan fingerprint density at radius 2 is 1.90 bits per heavy atom. The first-order valence-electron chi connectivity index (χ1n) is 7.12. The van der Waals surface area contributed by atoms with E-state index < -0.39 is 0 Å². The molecule has 3 rings (SSSR count). The SMILES string of the molecule is CCc1c(C)nn(-c2nc(C3CC3)nc(Cl)c2C)c1C. The lowest BCUT2D eigenvalue weighted by Gasteiger charge is -2.10. The number of halogens is 1. The van der Waals surface area contributed by atoms with Crippen LogP contribution in [-0.4, -0.2) is 19.7 Å². The topological polar surface area (TPSA) is 43.6 Å². The Kier molecular flexibility index (Phi) is 3.28.